The van der Waals surface area contributed by atoms with Crippen molar-refractivity contribution in [3.63, 3.8) is 0 Å². The van der Waals surface area contributed by atoms with Gasteiger partial charge in [-0.15, -0.1) is 0 Å². The maximum atomic E-state index is 11.9. The normalized spacial score (nSPS) is 22.6. The summed E-state index contributed by atoms with van der Waals surface area (Å²) >= 11 is 9.44. The highest BCUT2D eigenvalue weighted by atomic mass is 79.9. The van der Waals surface area contributed by atoms with Crippen molar-refractivity contribution in [2.75, 3.05) is 0 Å². The monoisotopic (exact) mass is 417 g/mol. The van der Waals surface area contributed by atoms with Crippen LogP contribution in [-0.4, -0.2) is 11.7 Å². The van der Waals surface area contributed by atoms with Gasteiger partial charge in [0.2, 0.25) is 0 Å². The zero-order chi connectivity index (χ0) is 17.4. The lowest BCUT2D eigenvalue weighted by molar-refractivity contribution is -0.145. The van der Waals surface area contributed by atoms with Gasteiger partial charge in [0.05, 0.1) is 11.6 Å². The van der Waals surface area contributed by atoms with E-state index in [4.69, 9.17) is 16.4 Å². The fourth-order valence-corrected chi connectivity index (χ4v) is 3.41. The molecular weight excluding hydrogens is 402 g/mol. The number of halogens is 2. The highest BCUT2D eigenvalue weighted by Crippen LogP contribution is 2.49. The van der Waals surface area contributed by atoms with Gasteiger partial charge in [0.1, 0.15) is 0 Å². The molecule has 0 radical (unpaired) electrons. The van der Waals surface area contributed by atoms with Crippen molar-refractivity contribution >= 4 is 39.2 Å². The van der Waals surface area contributed by atoms with Crippen molar-refractivity contribution in [1.82, 2.24) is 0 Å². The van der Waals surface area contributed by atoms with E-state index in [0.29, 0.717) is 5.92 Å². The highest BCUT2D eigenvalue weighted by molar-refractivity contribution is 9.10. The molecule has 2 aromatic carbocycles. The van der Waals surface area contributed by atoms with Gasteiger partial charge in [-0.3, -0.25) is 0 Å². The van der Waals surface area contributed by atoms with E-state index in [0.717, 1.165) is 40.0 Å². The van der Waals surface area contributed by atoms with Crippen LogP contribution in [0.25, 0.3) is 0 Å². The molecule has 0 aromatic heterocycles. The Morgan fingerprint density at radius 2 is 1.76 bits per heavy atom. The van der Waals surface area contributed by atoms with Gasteiger partial charge in [0.25, 0.3) is 0 Å². The van der Waals surface area contributed by atoms with Crippen LogP contribution in [0.15, 0.2) is 58.2 Å². The number of rotatable bonds is 5. The molecule has 0 unspecified atom stereocenters. The van der Waals surface area contributed by atoms with Gasteiger partial charge in [-0.2, -0.15) is 0 Å². The van der Waals surface area contributed by atoms with E-state index >= 15 is 0 Å². The minimum Gasteiger partial charge on any atom is -0.318 e. The summed E-state index contributed by atoms with van der Waals surface area (Å²) in [6, 6.07) is 15.9. The van der Waals surface area contributed by atoms with Crippen LogP contribution in [0.5, 0.6) is 0 Å². The zero-order valence-corrected chi connectivity index (χ0v) is 15.8. The van der Waals surface area contributed by atoms with Gasteiger partial charge in [-0.25, -0.2) is 4.79 Å². The van der Waals surface area contributed by atoms with Crippen LogP contribution < -0.4 is 0 Å². The number of carbonyl (C=O) groups excluding carboxylic acids is 1. The minimum atomic E-state index is -0.210. The Labute approximate surface area is 160 Å². The summed E-state index contributed by atoms with van der Waals surface area (Å²) in [5.74, 6) is 0.480. The molecule has 4 rings (SSSR count). The molecule has 5 heteroatoms. The first-order chi connectivity index (χ1) is 12.1. The molecule has 2 aliphatic rings. The highest BCUT2D eigenvalue weighted by Gasteiger charge is 2.43. The van der Waals surface area contributed by atoms with Crippen molar-refractivity contribution in [3.8, 4) is 0 Å². The van der Waals surface area contributed by atoms with E-state index in [1.54, 1.807) is 0 Å². The number of hydrogen-bond acceptors (Lipinski definition) is 3. The van der Waals surface area contributed by atoms with E-state index < -0.39 is 0 Å². The Bertz CT molecular complexity index is 813. The van der Waals surface area contributed by atoms with Crippen molar-refractivity contribution in [2.24, 2.45) is 17.0 Å². The molecule has 2 atom stereocenters. The number of carbonyl (C=O) groups is 1. The fraction of sp³-hybridized carbons (Fsp3) is 0.300. The lowest BCUT2D eigenvalue weighted by Gasteiger charge is -2.07. The van der Waals surface area contributed by atoms with Crippen molar-refractivity contribution in [3.05, 3.63) is 69.2 Å². The number of benzene rings is 2. The summed E-state index contributed by atoms with van der Waals surface area (Å²) in [5, 5.41) is 5.00. The van der Waals surface area contributed by atoms with Crippen LogP contribution in [0.3, 0.4) is 0 Å². The Hall–Kier alpha value is -1.65. The van der Waals surface area contributed by atoms with Gasteiger partial charge in [-0.05, 0) is 60.6 Å². The van der Waals surface area contributed by atoms with Crippen molar-refractivity contribution in [1.29, 1.82) is 0 Å². The maximum Gasteiger partial charge on any atom is 0.338 e. The van der Waals surface area contributed by atoms with Crippen LogP contribution in [0, 0.1) is 11.8 Å². The molecule has 0 heterocycles. The zero-order valence-electron chi connectivity index (χ0n) is 13.5. The molecule has 0 spiro atoms. The van der Waals surface area contributed by atoms with Gasteiger partial charge in [0.15, 0.2) is 0 Å². The molecule has 0 amide bonds. The van der Waals surface area contributed by atoms with Gasteiger partial charge in [0, 0.05) is 15.4 Å². The summed E-state index contributed by atoms with van der Waals surface area (Å²) in [4.78, 5) is 17.1. The molecule has 0 bridgehead atoms. The second-order valence-corrected chi connectivity index (χ2v) is 8.02. The molecule has 0 aliphatic heterocycles. The maximum absolute atomic E-state index is 11.9. The molecular formula is C20H17BrClNO2. The predicted octanol–water partition coefficient (Wildman–Crippen LogP) is 5.56. The van der Waals surface area contributed by atoms with Crippen LogP contribution in [0.2, 0.25) is 5.02 Å². The van der Waals surface area contributed by atoms with Gasteiger partial charge < -0.3 is 4.84 Å². The first kappa shape index (κ1) is 16.8. The topological polar surface area (TPSA) is 38.7 Å². The molecule has 3 nitrogen and oxygen atoms in total. The summed E-state index contributed by atoms with van der Waals surface area (Å²) in [7, 11) is 0. The molecule has 25 heavy (non-hydrogen) atoms. The Morgan fingerprint density at radius 3 is 2.40 bits per heavy atom. The lowest BCUT2D eigenvalue weighted by atomic mass is 10.0. The molecule has 2 saturated carbocycles. The van der Waals surface area contributed by atoms with Crippen molar-refractivity contribution in [2.45, 2.75) is 25.2 Å². The Morgan fingerprint density at radius 1 is 1.08 bits per heavy atom. The molecule has 2 fully saturated rings. The van der Waals surface area contributed by atoms with E-state index in [9.17, 15) is 4.79 Å². The van der Waals surface area contributed by atoms with E-state index in [-0.39, 0.29) is 17.8 Å². The summed E-state index contributed by atoms with van der Waals surface area (Å²) < 4.78 is 1.01. The first-order valence-electron chi connectivity index (χ1n) is 8.42. The largest absolute Gasteiger partial charge is 0.338 e. The van der Waals surface area contributed by atoms with E-state index in [2.05, 4.69) is 33.2 Å². The van der Waals surface area contributed by atoms with Crippen LogP contribution in [0.4, 0.5) is 0 Å². The SMILES string of the molecule is O=C(O/N=C(/c1ccc(Br)cc1)[C@@H]1C[C@H]1c1ccc(Cl)cc1)C1CC1. The van der Waals surface area contributed by atoms with E-state index in [1.165, 1.54) is 5.56 Å². The quantitative estimate of drug-likeness (QED) is 0.362. The van der Waals surface area contributed by atoms with Gasteiger partial charge >= 0.3 is 5.97 Å². The minimum absolute atomic E-state index is 0.0428. The van der Waals surface area contributed by atoms with Crippen molar-refractivity contribution < 1.29 is 9.63 Å². The molecule has 0 saturated heterocycles. The lowest BCUT2D eigenvalue weighted by Crippen LogP contribution is -2.10. The smallest absolute Gasteiger partial charge is 0.318 e. The Kier molecular flexibility index (Phi) is 4.65. The first-order valence-corrected chi connectivity index (χ1v) is 9.59. The van der Waals surface area contributed by atoms with Crippen LogP contribution in [-0.2, 0) is 9.63 Å². The third-order valence-corrected chi connectivity index (χ3v) is 5.51. The average molecular weight is 419 g/mol. The number of nitrogens with zero attached hydrogens (tertiary/aromatic N) is 1. The summed E-state index contributed by atoms with van der Waals surface area (Å²) in [5.41, 5.74) is 3.09. The van der Waals surface area contributed by atoms with Crippen LogP contribution >= 0.6 is 27.5 Å². The Balaban J connectivity index is 1.57. The average Bonchev–Trinajstić information content (AvgIpc) is 3.51. The second kappa shape index (κ2) is 6.93. The molecule has 0 N–H and O–H groups in total. The second-order valence-electron chi connectivity index (χ2n) is 6.67. The summed E-state index contributed by atoms with van der Waals surface area (Å²) in [6.07, 6.45) is 2.83. The third-order valence-electron chi connectivity index (χ3n) is 4.72. The van der Waals surface area contributed by atoms with Gasteiger partial charge in [-0.1, -0.05) is 57.0 Å². The summed E-state index contributed by atoms with van der Waals surface area (Å²) in [6.45, 7) is 0. The third kappa shape index (κ3) is 3.96. The van der Waals surface area contributed by atoms with Crippen LogP contribution in [0.1, 0.15) is 36.3 Å². The standard InChI is InChI=1S/C20H17BrClNO2/c21-15-7-3-13(4-8-15)19(23-25-20(24)14-1-2-14)18-11-17(18)12-5-9-16(22)10-6-12/h3-10,14,17-18H,1-2,11H2/b23-19-/t17-,18+/m0/s1. The fourth-order valence-electron chi connectivity index (χ4n) is 3.02. The van der Waals surface area contributed by atoms with E-state index in [1.807, 2.05) is 36.4 Å². The molecule has 2 aliphatic carbocycles. The predicted molar refractivity (Wildman–Crippen MR) is 102 cm³/mol. The molecule has 2 aromatic rings. The number of hydrogen-bond donors (Lipinski definition) is 0. The number of oxime groups is 1. The molecule has 128 valence electrons.